The van der Waals surface area contributed by atoms with Gasteiger partial charge in [-0.15, -0.1) is 5.10 Å². The number of pyridine rings is 1. The van der Waals surface area contributed by atoms with Crippen molar-refractivity contribution in [3.8, 4) is 22.8 Å². The van der Waals surface area contributed by atoms with Gasteiger partial charge in [0.05, 0.1) is 35.4 Å². The van der Waals surface area contributed by atoms with Crippen LogP contribution in [0.5, 0.6) is 0 Å². The number of halogens is 1. The number of fused-ring (bicyclic) bond motifs is 1. The zero-order valence-electron chi connectivity index (χ0n) is 21.2. The maximum Gasteiger partial charge on any atom is 0.225 e. The van der Waals surface area contributed by atoms with Crippen LogP contribution in [0, 0.1) is 5.82 Å². The van der Waals surface area contributed by atoms with Gasteiger partial charge in [0.25, 0.3) is 0 Å². The van der Waals surface area contributed by atoms with E-state index in [1.54, 1.807) is 24.5 Å². The van der Waals surface area contributed by atoms with Gasteiger partial charge in [0.15, 0.2) is 5.65 Å². The lowest BCUT2D eigenvalue weighted by Gasteiger charge is -2.26. The van der Waals surface area contributed by atoms with Crippen molar-refractivity contribution < 1.29 is 9.50 Å². The van der Waals surface area contributed by atoms with Gasteiger partial charge in [-0.1, -0.05) is 18.2 Å². The van der Waals surface area contributed by atoms with Crippen LogP contribution in [0.4, 0.5) is 16.2 Å². The van der Waals surface area contributed by atoms with Crippen LogP contribution in [0.1, 0.15) is 30.9 Å². The lowest BCUT2D eigenvalue weighted by Crippen LogP contribution is -2.24. The molecule has 0 bridgehead atoms. The molecule has 2 aliphatic rings. The number of anilines is 2. The van der Waals surface area contributed by atoms with Gasteiger partial charge in [0, 0.05) is 25.8 Å². The first-order valence-corrected chi connectivity index (χ1v) is 13.2. The fourth-order valence-corrected chi connectivity index (χ4v) is 5.58. The van der Waals surface area contributed by atoms with Gasteiger partial charge >= 0.3 is 0 Å². The first-order chi connectivity index (χ1) is 19.1. The van der Waals surface area contributed by atoms with E-state index in [9.17, 15) is 9.50 Å². The van der Waals surface area contributed by atoms with Gasteiger partial charge < -0.3 is 14.9 Å². The first-order valence-electron chi connectivity index (χ1n) is 13.2. The Morgan fingerprint density at radius 3 is 2.62 bits per heavy atom. The molecule has 2 unspecified atom stereocenters. The van der Waals surface area contributed by atoms with Crippen molar-refractivity contribution in [2.24, 2.45) is 0 Å². The minimum Gasteiger partial charge on any atom is -0.391 e. The molecule has 2 aliphatic heterocycles. The highest BCUT2D eigenvalue weighted by atomic mass is 19.1. The van der Waals surface area contributed by atoms with Crippen molar-refractivity contribution in [2.45, 2.75) is 31.4 Å². The number of aromatic nitrogens is 6. The molecule has 10 heteroatoms. The normalized spacial score (nSPS) is 19.3. The molecule has 0 saturated carbocycles. The van der Waals surface area contributed by atoms with Crippen molar-refractivity contribution in [3.05, 3.63) is 84.4 Å². The summed E-state index contributed by atoms with van der Waals surface area (Å²) >= 11 is 0. The summed E-state index contributed by atoms with van der Waals surface area (Å²) in [4.78, 5) is 22.8. The Kier molecular flexibility index (Phi) is 5.89. The molecule has 4 aromatic heterocycles. The fraction of sp³-hybridized carbons (Fsp3) is 0.276. The molecule has 2 atom stereocenters. The molecule has 0 aliphatic carbocycles. The number of benzene rings is 1. The van der Waals surface area contributed by atoms with Gasteiger partial charge in [0.2, 0.25) is 5.95 Å². The smallest absolute Gasteiger partial charge is 0.225 e. The Bertz CT molecular complexity index is 1660. The zero-order valence-corrected chi connectivity index (χ0v) is 21.2. The lowest BCUT2D eigenvalue weighted by molar-refractivity contribution is 0.198. The third kappa shape index (κ3) is 4.46. The second kappa shape index (κ2) is 9.70. The number of rotatable bonds is 5. The number of hydrogen-bond donors (Lipinski definition) is 1. The summed E-state index contributed by atoms with van der Waals surface area (Å²) in [6.07, 6.45) is 5.83. The summed E-state index contributed by atoms with van der Waals surface area (Å²) in [6.45, 7) is 2.11. The van der Waals surface area contributed by atoms with E-state index in [0.717, 1.165) is 54.3 Å². The number of nitrogens with zero attached hydrogens (tertiary/aromatic N) is 8. The van der Waals surface area contributed by atoms with E-state index in [2.05, 4.69) is 14.9 Å². The number of aliphatic hydroxyl groups is 1. The summed E-state index contributed by atoms with van der Waals surface area (Å²) in [5.74, 6) is 1.19. The Hall–Kier alpha value is -4.44. The molecule has 7 rings (SSSR count). The molecule has 1 aromatic carbocycles. The van der Waals surface area contributed by atoms with Crippen LogP contribution >= 0.6 is 0 Å². The minimum atomic E-state index is -0.351. The minimum absolute atomic E-state index is 0.0720. The molecule has 2 fully saturated rings. The summed E-state index contributed by atoms with van der Waals surface area (Å²) in [5.41, 5.74) is 4.60. The largest absolute Gasteiger partial charge is 0.391 e. The average molecular weight is 523 g/mol. The Morgan fingerprint density at radius 2 is 1.74 bits per heavy atom. The summed E-state index contributed by atoms with van der Waals surface area (Å²) in [7, 11) is 0. The Labute approximate surface area is 224 Å². The Morgan fingerprint density at radius 1 is 0.872 bits per heavy atom. The number of β-amino-alcohol motifs (C(OH)–C–C–N with tert-alkyl or cyclic N) is 1. The van der Waals surface area contributed by atoms with Crippen LogP contribution in [0.15, 0.2) is 73.1 Å². The molecule has 39 heavy (non-hydrogen) atoms. The van der Waals surface area contributed by atoms with Crippen molar-refractivity contribution in [3.63, 3.8) is 0 Å². The Balaban J connectivity index is 1.22. The summed E-state index contributed by atoms with van der Waals surface area (Å²) in [6, 6.07) is 18.5. The standard InChI is InChI=1S/C29H27FN8O/c30-20-5-1-4-19(16-20)25-8-3-14-37(25)28-10-9-27-32-17-26(38(27)35-28)24-7-2-6-22(33-24)23-11-13-31-29(34-23)36-15-12-21(39)18-36/h1-2,4-7,9-11,13,16-17,21,25,39H,3,8,12,14-15,18H2. The molecular weight excluding hydrogens is 495 g/mol. The number of hydrogen-bond acceptors (Lipinski definition) is 8. The molecule has 5 aromatic rings. The summed E-state index contributed by atoms with van der Waals surface area (Å²) < 4.78 is 15.8. The van der Waals surface area contributed by atoms with E-state index in [-0.39, 0.29) is 18.0 Å². The molecular formula is C29H27FN8O. The van der Waals surface area contributed by atoms with Crippen LogP contribution < -0.4 is 9.80 Å². The second-order valence-corrected chi connectivity index (χ2v) is 10.0. The maximum absolute atomic E-state index is 14.0. The van der Waals surface area contributed by atoms with Gasteiger partial charge in [-0.25, -0.2) is 28.8 Å². The van der Waals surface area contributed by atoms with Gasteiger partial charge in [-0.3, -0.25) is 0 Å². The SMILES string of the molecule is OC1CCN(c2nccc(-c3cccc(-c4cnc5ccc(N6CCCC6c6cccc(F)c6)nn45)n3)n2)C1. The topological polar surface area (TPSA) is 95.6 Å². The number of aliphatic hydroxyl groups excluding tert-OH is 1. The maximum atomic E-state index is 14.0. The van der Waals surface area contributed by atoms with E-state index in [0.29, 0.717) is 30.3 Å². The van der Waals surface area contributed by atoms with Crippen LogP contribution in [0.2, 0.25) is 0 Å². The quantitative estimate of drug-likeness (QED) is 0.365. The predicted octanol–water partition coefficient (Wildman–Crippen LogP) is 4.30. The molecule has 6 heterocycles. The molecule has 2 saturated heterocycles. The van der Waals surface area contributed by atoms with Gasteiger partial charge in [0.1, 0.15) is 17.3 Å². The lowest BCUT2D eigenvalue weighted by atomic mass is 10.0. The molecule has 9 nitrogen and oxygen atoms in total. The predicted molar refractivity (Wildman–Crippen MR) is 146 cm³/mol. The van der Waals surface area contributed by atoms with Crippen molar-refractivity contribution in [1.82, 2.24) is 29.5 Å². The van der Waals surface area contributed by atoms with Crippen molar-refractivity contribution >= 4 is 17.4 Å². The van der Waals surface area contributed by atoms with Crippen LogP contribution in [-0.4, -0.2) is 60.4 Å². The van der Waals surface area contributed by atoms with E-state index >= 15 is 0 Å². The first kappa shape index (κ1) is 23.7. The highest BCUT2D eigenvalue weighted by Gasteiger charge is 2.28. The average Bonchev–Trinajstić information content (AvgIpc) is 3.72. The van der Waals surface area contributed by atoms with Crippen molar-refractivity contribution in [1.29, 1.82) is 0 Å². The van der Waals surface area contributed by atoms with Gasteiger partial charge in [-0.2, -0.15) is 0 Å². The zero-order chi connectivity index (χ0) is 26.3. The van der Waals surface area contributed by atoms with Crippen LogP contribution in [0.25, 0.3) is 28.4 Å². The molecule has 196 valence electrons. The highest BCUT2D eigenvalue weighted by Crippen LogP contribution is 2.36. The van der Waals surface area contributed by atoms with Crippen molar-refractivity contribution in [2.75, 3.05) is 29.4 Å². The van der Waals surface area contributed by atoms with Crippen LogP contribution in [0.3, 0.4) is 0 Å². The highest BCUT2D eigenvalue weighted by molar-refractivity contribution is 5.65. The van der Waals surface area contributed by atoms with E-state index < -0.39 is 0 Å². The van der Waals surface area contributed by atoms with E-state index in [1.807, 2.05) is 51.9 Å². The second-order valence-electron chi connectivity index (χ2n) is 10.0. The molecule has 1 N–H and O–H groups in total. The third-order valence-electron chi connectivity index (χ3n) is 7.49. The number of imidazole rings is 1. The van der Waals surface area contributed by atoms with E-state index in [4.69, 9.17) is 15.1 Å². The third-order valence-corrected chi connectivity index (χ3v) is 7.49. The van der Waals surface area contributed by atoms with Crippen LogP contribution in [-0.2, 0) is 0 Å². The van der Waals surface area contributed by atoms with E-state index in [1.165, 1.54) is 6.07 Å². The summed E-state index contributed by atoms with van der Waals surface area (Å²) in [5, 5.41) is 14.9. The molecule has 0 spiro atoms. The molecule has 0 radical (unpaired) electrons. The monoisotopic (exact) mass is 522 g/mol. The van der Waals surface area contributed by atoms with Gasteiger partial charge in [-0.05, 0) is 67.3 Å². The fourth-order valence-electron chi connectivity index (χ4n) is 5.58. The molecule has 0 amide bonds.